The lowest BCUT2D eigenvalue weighted by Crippen LogP contribution is -2.48. The number of benzene rings is 1. The zero-order valence-electron chi connectivity index (χ0n) is 19.0. The van der Waals surface area contributed by atoms with Gasteiger partial charge in [-0.25, -0.2) is 0 Å². The van der Waals surface area contributed by atoms with Gasteiger partial charge < -0.3 is 29.5 Å². The minimum atomic E-state index is 0.389. The normalized spacial score (nSPS) is 15.1. The Morgan fingerprint density at radius 3 is 2.48 bits per heavy atom. The van der Waals surface area contributed by atoms with E-state index in [2.05, 4.69) is 44.7 Å². The first kappa shape index (κ1) is 22.7. The Morgan fingerprint density at radius 1 is 1.19 bits per heavy atom. The maximum Gasteiger partial charge on any atom is 0.226 e. The Hall–Kier alpha value is -2.97. The molecule has 3 rings (SSSR count). The maximum atomic E-state index is 5.41. The number of anilines is 1. The molecule has 9 heteroatoms. The fraction of sp³-hybridized carbons (Fsp3) is 0.591. The van der Waals surface area contributed by atoms with Crippen molar-refractivity contribution < 1.29 is 14.0 Å². The Morgan fingerprint density at radius 2 is 1.90 bits per heavy atom. The average molecular weight is 431 g/mol. The van der Waals surface area contributed by atoms with Crippen LogP contribution in [0.15, 0.2) is 27.7 Å². The monoisotopic (exact) mass is 430 g/mol. The minimum absolute atomic E-state index is 0.389. The molecule has 2 aromatic rings. The molecule has 2 N–H and O–H groups in total. The number of hydrogen-bond donors (Lipinski definition) is 2. The summed E-state index contributed by atoms with van der Waals surface area (Å²) in [7, 11) is 3.36. The van der Waals surface area contributed by atoms with Crippen LogP contribution in [0.2, 0.25) is 0 Å². The van der Waals surface area contributed by atoms with Crippen LogP contribution < -0.4 is 25.0 Å². The topological polar surface area (TPSA) is 97.0 Å². The van der Waals surface area contributed by atoms with Gasteiger partial charge in [-0.3, -0.25) is 4.99 Å². The average Bonchev–Trinajstić information content (AvgIpc) is 3.21. The summed E-state index contributed by atoms with van der Waals surface area (Å²) < 4.78 is 16.0. The van der Waals surface area contributed by atoms with Crippen LogP contribution in [0.4, 0.5) is 5.69 Å². The van der Waals surface area contributed by atoms with Gasteiger partial charge in [0.25, 0.3) is 0 Å². The molecule has 0 aliphatic carbocycles. The smallest absolute Gasteiger partial charge is 0.226 e. The van der Waals surface area contributed by atoms with Crippen LogP contribution in [0, 0.1) is 6.92 Å². The first-order chi connectivity index (χ1) is 15.1. The fourth-order valence-corrected chi connectivity index (χ4v) is 3.63. The molecule has 0 saturated carbocycles. The quantitative estimate of drug-likeness (QED) is 0.356. The summed E-state index contributed by atoms with van der Waals surface area (Å²) in [5, 5.41) is 10.8. The highest BCUT2D eigenvalue weighted by atomic mass is 16.5. The van der Waals surface area contributed by atoms with Crippen LogP contribution in [0.3, 0.4) is 0 Å². The molecular formula is C22H34N6O3. The summed E-state index contributed by atoms with van der Waals surface area (Å²) in [6.07, 6.45) is 3.68. The predicted molar refractivity (Wildman–Crippen MR) is 121 cm³/mol. The second-order valence-electron chi connectivity index (χ2n) is 7.58. The molecule has 1 aliphatic rings. The van der Waals surface area contributed by atoms with Gasteiger partial charge in [-0.05, 0) is 33.1 Å². The number of hydrogen-bond acceptors (Lipinski definition) is 7. The number of rotatable bonds is 9. The number of aliphatic imine (C=N–C) groups is 1. The predicted octanol–water partition coefficient (Wildman–Crippen LogP) is 2.55. The lowest BCUT2D eigenvalue weighted by atomic mass is 10.0. The molecule has 9 nitrogen and oxygen atoms in total. The molecule has 1 aliphatic heterocycles. The van der Waals surface area contributed by atoms with Crippen LogP contribution in [-0.4, -0.2) is 62.5 Å². The zero-order chi connectivity index (χ0) is 22.1. The molecule has 31 heavy (non-hydrogen) atoms. The molecule has 2 heterocycles. The molecule has 0 spiro atoms. The van der Waals surface area contributed by atoms with Crippen molar-refractivity contribution in [1.82, 2.24) is 20.8 Å². The molecule has 0 atom stereocenters. The van der Waals surface area contributed by atoms with E-state index < -0.39 is 0 Å². The second-order valence-corrected chi connectivity index (χ2v) is 7.58. The van der Waals surface area contributed by atoms with Gasteiger partial charge in [0.15, 0.2) is 11.8 Å². The molecule has 1 saturated heterocycles. The highest BCUT2D eigenvalue weighted by Crippen LogP contribution is 2.30. The Kier molecular flexibility index (Phi) is 8.37. The summed E-state index contributed by atoms with van der Waals surface area (Å²) in [6, 6.07) is 6.41. The van der Waals surface area contributed by atoms with Crippen LogP contribution in [0.5, 0.6) is 11.5 Å². The molecule has 0 amide bonds. The van der Waals surface area contributed by atoms with Crippen LogP contribution in [0.25, 0.3) is 0 Å². The van der Waals surface area contributed by atoms with Gasteiger partial charge in [0.2, 0.25) is 5.89 Å². The largest absolute Gasteiger partial charge is 0.497 e. The van der Waals surface area contributed by atoms with Gasteiger partial charge in [0, 0.05) is 62.5 Å². The van der Waals surface area contributed by atoms with Crippen molar-refractivity contribution in [2.24, 2.45) is 4.99 Å². The number of aromatic nitrogens is 2. The van der Waals surface area contributed by atoms with Gasteiger partial charge in [-0.2, -0.15) is 4.98 Å². The number of nitrogens with one attached hydrogen (secondary N) is 2. The van der Waals surface area contributed by atoms with E-state index in [1.165, 1.54) is 0 Å². The summed E-state index contributed by atoms with van der Waals surface area (Å²) >= 11 is 0. The number of guanidine groups is 1. The first-order valence-electron chi connectivity index (χ1n) is 10.9. The van der Waals surface area contributed by atoms with Gasteiger partial charge in [0.05, 0.1) is 14.2 Å². The summed E-state index contributed by atoms with van der Waals surface area (Å²) in [5.74, 6) is 3.84. The van der Waals surface area contributed by atoms with E-state index >= 15 is 0 Å². The van der Waals surface area contributed by atoms with Gasteiger partial charge >= 0.3 is 0 Å². The zero-order valence-corrected chi connectivity index (χ0v) is 19.0. The lowest BCUT2D eigenvalue weighted by Gasteiger charge is -2.34. The Labute approximate surface area is 184 Å². The van der Waals surface area contributed by atoms with E-state index in [9.17, 15) is 0 Å². The van der Waals surface area contributed by atoms with E-state index in [1.807, 2.05) is 13.0 Å². The number of methoxy groups -OCH3 is 2. The van der Waals surface area contributed by atoms with Crippen molar-refractivity contribution in [1.29, 1.82) is 0 Å². The SMILES string of the molecule is CCNC(=NCCCc1nc(C)no1)NC1CCN(c2cc(OC)cc(OC)c2)CC1. The molecule has 0 radical (unpaired) electrons. The molecule has 1 fully saturated rings. The number of ether oxygens (including phenoxy) is 2. The molecule has 0 bridgehead atoms. The standard InChI is InChI=1S/C22H34N6O3/c1-5-23-22(24-10-6-7-21-25-16(2)27-31-21)26-17-8-11-28(12-9-17)18-13-19(29-3)15-20(14-18)30-4/h13-15,17H,5-12H2,1-4H3,(H2,23,24,26). The highest BCUT2D eigenvalue weighted by Gasteiger charge is 2.21. The Bertz CT molecular complexity index is 823. The first-order valence-corrected chi connectivity index (χ1v) is 10.9. The van der Waals surface area contributed by atoms with Gasteiger partial charge in [0.1, 0.15) is 11.5 Å². The van der Waals surface area contributed by atoms with Crippen molar-refractivity contribution in [2.75, 3.05) is 45.3 Å². The van der Waals surface area contributed by atoms with Crippen LogP contribution >= 0.6 is 0 Å². The van der Waals surface area contributed by atoms with E-state index in [4.69, 9.17) is 19.0 Å². The van der Waals surface area contributed by atoms with E-state index in [0.29, 0.717) is 24.3 Å². The third-order valence-electron chi connectivity index (χ3n) is 5.27. The van der Waals surface area contributed by atoms with Crippen molar-refractivity contribution in [3.8, 4) is 11.5 Å². The van der Waals surface area contributed by atoms with Gasteiger partial charge in [-0.1, -0.05) is 5.16 Å². The third kappa shape index (κ3) is 6.77. The van der Waals surface area contributed by atoms with Crippen molar-refractivity contribution in [3.63, 3.8) is 0 Å². The Balaban J connectivity index is 1.49. The van der Waals surface area contributed by atoms with Gasteiger partial charge in [-0.15, -0.1) is 0 Å². The summed E-state index contributed by atoms with van der Waals surface area (Å²) in [6.45, 7) is 7.37. The highest BCUT2D eigenvalue weighted by molar-refractivity contribution is 5.80. The summed E-state index contributed by atoms with van der Waals surface area (Å²) in [4.78, 5) is 11.3. The summed E-state index contributed by atoms with van der Waals surface area (Å²) in [5.41, 5.74) is 1.13. The van der Waals surface area contributed by atoms with Crippen LogP contribution in [0.1, 0.15) is 37.9 Å². The molecule has 0 unspecified atom stereocenters. The molecular weight excluding hydrogens is 396 g/mol. The third-order valence-corrected chi connectivity index (χ3v) is 5.27. The molecule has 170 valence electrons. The van der Waals surface area contributed by atoms with E-state index in [1.54, 1.807) is 14.2 Å². The lowest BCUT2D eigenvalue weighted by molar-refractivity contribution is 0.372. The minimum Gasteiger partial charge on any atom is -0.497 e. The van der Waals surface area contributed by atoms with E-state index in [0.717, 1.165) is 68.5 Å². The molecule has 1 aromatic heterocycles. The second kappa shape index (κ2) is 11.4. The van der Waals surface area contributed by atoms with Crippen molar-refractivity contribution in [2.45, 2.75) is 45.6 Å². The van der Waals surface area contributed by atoms with Crippen molar-refractivity contribution >= 4 is 11.6 Å². The van der Waals surface area contributed by atoms with E-state index in [-0.39, 0.29) is 0 Å². The maximum absolute atomic E-state index is 5.41. The van der Waals surface area contributed by atoms with Crippen LogP contribution in [-0.2, 0) is 6.42 Å². The number of piperidine rings is 1. The number of aryl methyl sites for hydroxylation is 2. The number of nitrogens with zero attached hydrogens (tertiary/aromatic N) is 4. The fourth-order valence-electron chi connectivity index (χ4n) is 3.63. The molecule has 1 aromatic carbocycles. The van der Waals surface area contributed by atoms with Crippen molar-refractivity contribution in [3.05, 3.63) is 29.9 Å².